The van der Waals surface area contributed by atoms with Gasteiger partial charge in [-0.2, -0.15) is 0 Å². The van der Waals surface area contributed by atoms with Crippen LogP contribution in [-0.4, -0.2) is 35.8 Å². The van der Waals surface area contributed by atoms with Crippen molar-refractivity contribution in [2.45, 2.75) is 13.1 Å². The molecule has 7 heteroatoms. The summed E-state index contributed by atoms with van der Waals surface area (Å²) in [6.07, 6.45) is 1.91. The van der Waals surface area contributed by atoms with E-state index < -0.39 is 0 Å². The molecule has 20 heavy (non-hydrogen) atoms. The summed E-state index contributed by atoms with van der Waals surface area (Å²) in [4.78, 5) is 0. The third-order valence-corrected chi connectivity index (χ3v) is 3.28. The second kappa shape index (κ2) is 7.25. The zero-order chi connectivity index (χ0) is 14.4. The SMILES string of the molecule is CNCc1cn(CCOc2ccc(OC)cc2Br)nn1. The van der Waals surface area contributed by atoms with Crippen molar-refractivity contribution in [3.8, 4) is 11.5 Å². The van der Waals surface area contributed by atoms with Gasteiger partial charge in [-0.15, -0.1) is 5.10 Å². The molecule has 0 aliphatic carbocycles. The zero-order valence-electron chi connectivity index (χ0n) is 11.5. The summed E-state index contributed by atoms with van der Waals surface area (Å²) in [7, 11) is 3.51. The number of methoxy groups -OCH3 is 1. The van der Waals surface area contributed by atoms with Gasteiger partial charge in [0.15, 0.2) is 0 Å². The Kier molecular flexibility index (Phi) is 5.37. The summed E-state index contributed by atoms with van der Waals surface area (Å²) in [5.74, 6) is 1.57. The molecular formula is C13H17BrN4O2. The van der Waals surface area contributed by atoms with Crippen molar-refractivity contribution >= 4 is 15.9 Å². The van der Waals surface area contributed by atoms with Crippen LogP contribution in [0.5, 0.6) is 11.5 Å². The molecule has 0 fully saturated rings. The molecule has 2 rings (SSSR count). The van der Waals surface area contributed by atoms with E-state index in [9.17, 15) is 0 Å². The third-order valence-electron chi connectivity index (χ3n) is 2.66. The highest BCUT2D eigenvalue weighted by Crippen LogP contribution is 2.28. The lowest BCUT2D eigenvalue weighted by atomic mass is 10.3. The number of aromatic nitrogens is 3. The van der Waals surface area contributed by atoms with Crippen LogP contribution in [0.1, 0.15) is 5.69 Å². The topological polar surface area (TPSA) is 61.2 Å². The number of nitrogens with one attached hydrogen (secondary N) is 1. The average Bonchev–Trinajstić information content (AvgIpc) is 2.88. The maximum atomic E-state index is 5.70. The normalized spacial score (nSPS) is 10.6. The van der Waals surface area contributed by atoms with Crippen LogP contribution in [0.15, 0.2) is 28.9 Å². The van der Waals surface area contributed by atoms with Crippen LogP contribution < -0.4 is 14.8 Å². The standard InChI is InChI=1S/C13H17BrN4O2/c1-15-8-10-9-18(17-16-10)5-6-20-13-4-3-11(19-2)7-12(13)14/h3-4,7,9,15H,5-6,8H2,1-2H3. The molecular weight excluding hydrogens is 324 g/mol. The van der Waals surface area contributed by atoms with Crippen LogP contribution in [-0.2, 0) is 13.1 Å². The van der Waals surface area contributed by atoms with Crippen LogP contribution >= 0.6 is 15.9 Å². The summed E-state index contributed by atoms with van der Waals surface area (Å²) >= 11 is 3.45. The van der Waals surface area contributed by atoms with E-state index in [1.54, 1.807) is 11.8 Å². The van der Waals surface area contributed by atoms with Gasteiger partial charge in [0.1, 0.15) is 18.1 Å². The summed E-state index contributed by atoms with van der Waals surface area (Å²) in [6, 6.07) is 5.60. The minimum atomic E-state index is 0.521. The lowest BCUT2D eigenvalue weighted by molar-refractivity contribution is 0.287. The van der Waals surface area contributed by atoms with Crippen molar-refractivity contribution < 1.29 is 9.47 Å². The van der Waals surface area contributed by atoms with Crippen molar-refractivity contribution in [3.63, 3.8) is 0 Å². The number of halogens is 1. The first-order chi connectivity index (χ1) is 9.72. The lowest BCUT2D eigenvalue weighted by Crippen LogP contribution is -2.09. The van der Waals surface area contributed by atoms with E-state index in [1.165, 1.54) is 0 Å². The van der Waals surface area contributed by atoms with E-state index in [4.69, 9.17) is 9.47 Å². The van der Waals surface area contributed by atoms with Gasteiger partial charge in [-0.3, -0.25) is 0 Å². The Labute approximate surface area is 126 Å². The van der Waals surface area contributed by atoms with Gasteiger partial charge in [0, 0.05) is 12.7 Å². The van der Waals surface area contributed by atoms with Crippen LogP contribution in [0.4, 0.5) is 0 Å². The number of rotatable bonds is 7. The van der Waals surface area contributed by atoms with E-state index in [0.717, 1.165) is 21.7 Å². The molecule has 2 aromatic rings. The molecule has 0 bridgehead atoms. The van der Waals surface area contributed by atoms with Gasteiger partial charge in [-0.25, -0.2) is 4.68 Å². The molecule has 0 saturated heterocycles. The number of nitrogens with zero attached hydrogens (tertiary/aromatic N) is 3. The van der Waals surface area contributed by atoms with Crippen LogP contribution in [0, 0.1) is 0 Å². The molecule has 6 nitrogen and oxygen atoms in total. The van der Waals surface area contributed by atoms with Gasteiger partial charge in [0.25, 0.3) is 0 Å². The molecule has 0 atom stereocenters. The largest absolute Gasteiger partial charge is 0.497 e. The monoisotopic (exact) mass is 340 g/mol. The van der Waals surface area contributed by atoms with Crippen LogP contribution in [0.2, 0.25) is 0 Å². The van der Waals surface area contributed by atoms with E-state index in [1.807, 2.05) is 31.4 Å². The van der Waals surface area contributed by atoms with Crippen LogP contribution in [0.3, 0.4) is 0 Å². The van der Waals surface area contributed by atoms with Crippen molar-refractivity contribution in [1.82, 2.24) is 20.3 Å². The second-order valence-electron chi connectivity index (χ2n) is 4.15. The Morgan fingerprint density at radius 1 is 1.40 bits per heavy atom. The van der Waals surface area contributed by atoms with Crippen molar-refractivity contribution in [2.75, 3.05) is 20.8 Å². The van der Waals surface area contributed by atoms with E-state index in [0.29, 0.717) is 19.7 Å². The van der Waals surface area contributed by atoms with Gasteiger partial charge in [-0.05, 0) is 41.2 Å². The Bertz CT molecular complexity index is 559. The van der Waals surface area contributed by atoms with E-state index in [-0.39, 0.29) is 0 Å². The molecule has 0 unspecified atom stereocenters. The highest BCUT2D eigenvalue weighted by Gasteiger charge is 2.04. The smallest absolute Gasteiger partial charge is 0.133 e. The first-order valence-corrected chi connectivity index (χ1v) is 7.02. The fraction of sp³-hybridized carbons (Fsp3) is 0.385. The summed E-state index contributed by atoms with van der Waals surface area (Å²) < 4.78 is 13.5. The maximum Gasteiger partial charge on any atom is 0.133 e. The Balaban J connectivity index is 1.85. The zero-order valence-corrected chi connectivity index (χ0v) is 13.1. The molecule has 0 saturated carbocycles. The van der Waals surface area contributed by atoms with Gasteiger partial charge >= 0.3 is 0 Å². The van der Waals surface area contributed by atoms with E-state index >= 15 is 0 Å². The van der Waals surface area contributed by atoms with Crippen LogP contribution in [0.25, 0.3) is 0 Å². The van der Waals surface area contributed by atoms with Gasteiger partial charge < -0.3 is 14.8 Å². The molecule has 108 valence electrons. The second-order valence-corrected chi connectivity index (χ2v) is 5.00. The van der Waals surface area contributed by atoms with Gasteiger partial charge in [-0.1, -0.05) is 5.21 Å². The summed E-state index contributed by atoms with van der Waals surface area (Å²) in [5.41, 5.74) is 0.915. The summed E-state index contributed by atoms with van der Waals surface area (Å²) in [6.45, 7) is 1.88. The number of hydrogen-bond acceptors (Lipinski definition) is 5. The van der Waals surface area contributed by atoms with Crippen molar-refractivity contribution in [3.05, 3.63) is 34.6 Å². The minimum Gasteiger partial charge on any atom is -0.497 e. The minimum absolute atomic E-state index is 0.521. The third kappa shape index (κ3) is 3.94. The van der Waals surface area contributed by atoms with Gasteiger partial charge in [0.05, 0.1) is 23.8 Å². The first-order valence-electron chi connectivity index (χ1n) is 6.23. The molecule has 0 radical (unpaired) electrons. The molecule has 0 spiro atoms. The lowest BCUT2D eigenvalue weighted by Gasteiger charge is -2.09. The first kappa shape index (κ1) is 14.8. The van der Waals surface area contributed by atoms with Crippen molar-refractivity contribution in [2.24, 2.45) is 0 Å². The highest BCUT2D eigenvalue weighted by molar-refractivity contribution is 9.10. The fourth-order valence-corrected chi connectivity index (χ4v) is 2.16. The van der Waals surface area contributed by atoms with Crippen molar-refractivity contribution in [1.29, 1.82) is 0 Å². The molecule has 1 heterocycles. The van der Waals surface area contributed by atoms with Gasteiger partial charge in [0.2, 0.25) is 0 Å². The number of hydrogen-bond donors (Lipinski definition) is 1. The number of benzene rings is 1. The Hall–Kier alpha value is -1.60. The fourth-order valence-electron chi connectivity index (χ4n) is 1.68. The summed E-state index contributed by atoms with van der Waals surface area (Å²) in [5, 5.41) is 11.1. The molecule has 1 N–H and O–H groups in total. The average molecular weight is 341 g/mol. The Morgan fingerprint density at radius 2 is 2.25 bits per heavy atom. The molecule has 1 aromatic heterocycles. The van der Waals surface area contributed by atoms with E-state index in [2.05, 4.69) is 31.6 Å². The quantitative estimate of drug-likeness (QED) is 0.833. The molecule has 1 aromatic carbocycles. The predicted octanol–water partition coefficient (Wildman–Crippen LogP) is 1.85. The predicted molar refractivity (Wildman–Crippen MR) is 79.0 cm³/mol. The molecule has 0 amide bonds. The highest BCUT2D eigenvalue weighted by atomic mass is 79.9. The maximum absolute atomic E-state index is 5.70. The molecule has 0 aliphatic heterocycles. The molecule has 0 aliphatic rings. The Morgan fingerprint density at radius 3 is 2.95 bits per heavy atom. The number of ether oxygens (including phenoxy) is 2.